The first-order valence-electron chi connectivity index (χ1n) is 30.1. The molecule has 428 valence electrons. The first-order chi connectivity index (χ1) is 43.5. The summed E-state index contributed by atoms with van der Waals surface area (Å²) in [6.45, 7) is 9.25. The van der Waals surface area contributed by atoms with E-state index in [-0.39, 0.29) is 10.8 Å². The van der Waals surface area contributed by atoms with E-state index in [0.717, 1.165) is 43.5 Å². The van der Waals surface area contributed by atoms with Crippen molar-refractivity contribution in [1.82, 2.24) is 0 Å². The van der Waals surface area contributed by atoms with Crippen molar-refractivity contribution in [3.05, 3.63) is 370 Å². The Kier molecular flexibility index (Phi) is 14.6. The summed E-state index contributed by atoms with van der Waals surface area (Å²) in [6, 6.07) is 108. The second-order valence-corrected chi connectivity index (χ2v) is 26.1. The van der Waals surface area contributed by atoms with E-state index in [9.17, 15) is 10.4 Å². The summed E-state index contributed by atoms with van der Waals surface area (Å²) in [7, 11) is 0. The van der Waals surface area contributed by atoms with Crippen molar-refractivity contribution >= 4 is 57.6 Å². The van der Waals surface area contributed by atoms with Gasteiger partial charge in [-0.3, -0.25) is 0 Å². The van der Waals surface area contributed by atoms with Gasteiger partial charge in [-0.2, -0.15) is 10.5 Å². The number of nitrogens with zero attached hydrogens (tertiary/aromatic N) is 4. The van der Waals surface area contributed by atoms with Crippen molar-refractivity contribution < 1.29 is 5.11 Å². The Morgan fingerprint density at radius 3 is 1.02 bits per heavy atom. The van der Waals surface area contributed by atoms with Crippen LogP contribution in [0, 0.1) is 22.7 Å². The molecule has 0 aliphatic carbocycles. The summed E-state index contributed by atoms with van der Waals surface area (Å²) in [5.74, 6) is 0. The summed E-state index contributed by atoms with van der Waals surface area (Å²) >= 11 is 3.58. The van der Waals surface area contributed by atoms with Crippen molar-refractivity contribution in [3.8, 4) is 12.1 Å². The van der Waals surface area contributed by atoms with Crippen molar-refractivity contribution in [2.24, 2.45) is 0 Å². The third kappa shape index (κ3) is 9.45. The standard InChI is InChI=1S/C41H30N2S.C22H18N2.C19H14OS/c1-40(2)32-14-6-9-17-36(32)43(31-23-20-28(27-42)21-24-31)37-25-22-30(26-35(37)40)41(29-12-4-3-5-13-29)33-15-7-10-18-38(33)44-39-19-11-8-16-34(39)41;1-22(2)18-7-3-5-9-20(18)24(21-10-6-4-8-19(21)22)17-13-11-16(15-23)12-14-17;20-19(14-8-2-1-3-9-14)15-10-4-6-12-17(15)21-18-13-7-5-11-16(18)19/h3-26H,1-2H3;3-14H,1-2H3;1-13,20H. The molecule has 0 unspecified atom stereocenters. The fraction of sp³-hybridized carbons (Fsp3) is 0.0976. The van der Waals surface area contributed by atoms with E-state index in [1.54, 1.807) is 11.8 Å². The fourth-order valence-corrected chi connectivity index (χ4v) is 16.3. The molecule has 0 bridgehead atoms. The monoisotopic (exact) mass is 1180 g/mol. The van der Waals surface area contributed by atoms with Crippen molar-refractivity contribution in [2.75, 3.05) is 9.80 Å². The van der Waals surface area contributed by atoms with E-state index in [4.69, 9.17) is 5.26 Å². The van der Waals surface area contributed by atoms with Gasteiger partial charge in [-0.15, -0.1) is 0 Å². The van der Waals surface area contributed by atoms with E-state index < -0.39 is 11.0 Å². The van der Waals surface area contributed by atoms with Crippen molar-refractivity contribution in [3.63, 3.8) is 0 Å². The molecule has 16 rings (SSSR count). The summed E-state index contributed by atoms with van der Waals surface area (Å²) in [5.41, 5.74) is 19.5. The van der Waals surface area contributed by atoms with Gasteiger partial charge in [0.25, 0.3) is 0 Å². The predicted octanol–water partition coefficient (Wildman–Crippen LogP) is 20.6. The Hall–Kier alpha value is -10.1. The van der Waals surface area contributed by atoms with Crippen LogP contribution in [0.1, 0.15) is 100 Å². The highest BCUT2D eigenvalue weighted by Gasteiger charge is 2.47. The predicted molar refractivity (Wildman–Crippen MR) is 364 cm³/mol. The molecule has 12 aromatic carbocycles. The van der Waals surface area contributed by atoms with Gasteiger partial charge in [-0.25, -0.2) is 0 Å². The van der Waals surface area contributed by atoms with Crippen LogP contribution in [0.3, 0.4) is 0 Å². The molecular formula is C82H62N4OS2. The topological polar surface area (TPSA) is 74.3 Å². The zero-order valence-electron chi connectivity index (χ0n) is 49.8. The zero-order chi connectivity index (χ0) is 60.9. The molecule has 4 aliphatic heterocycles. The van der Waals surface area contributed by atoms with E-state index in [2.05, 4.69) is 244 Å². The highest BCUT2D eigenvalue weighted by Crippen LogP contribution is 2.59. The lowest BCUT2D eigenvalue weighted by molar-refractivity contribution is 0.118. The van der Waals surface area contributed by atoms with Gasteiger partial charge in [-0.05, 0) is 147 Å². The molecule has 0 radical (unpaired) electrons. The number of anilines is 6. The van der Waals surface area contributed by atoms with Crippen molar-refractivity contribution in [2.45, 2.75) is 69.1 Å². The first-order valence-corrected chi connectivity index (χ1v) is 31.7. The van der Waals surface area contributed by atoms with Gasteiger partial charge in [0.15, 0.2) is 0 Å². The van der Waals surface area contributed by atoms with Gasteiger partial charge >= 0.3 is 0 Å². The van der Waals surface area contributed by atoms with Crippen LogP contribution in [0.25, 0.3) is 0 Å². The van der Waals surface area contributed by atoms with Crippen LogP contribution < -0.4 is 9.80 Å². The molecule has 4 heterocycles. The summed E-state index contributed by atoms with van der Waals surface area (Å²) in [5, 5.41) is 30.2. The number of hydrogen-bond acceptors (Lipinski definition) is 7. The van der Waals surface area contributed by atoms with Gasteiger partial charge in [0.1, 0.15) is 5.60 Å². The quantitative estimate of drug-likeness (QED) is 0.184. The number of nitriles is 2. The molecule has 1 N–H and O–H groups in total. The average Bonchev–Trinajstić information content (AvgIpc) is 0.731. The maximum Gasteiger partial charge on any atom is 0.142 e. The molecule has 0 amide bonds. The second-order valence-electron chi connectivity index (χ2n) is 23.9. The molecule has 4 aliphatic rings. The Morgan fingerprint density at radius 1 is 0.303 bits per heavy atom. The Balaban J connectivity index is 0.000000129. The molecule has 5 nitrogen and oxygen atoms in total. The smallest absolute Gasteiger partial charge is 0.142 e. The first kappa shape index (κ1) is 56.7. The van der Waals surface area contributed by atoms with Crippen LogP contribution in [0.15, 0.2) is 317 Å². The van der Waals surface area contributed by atoms with Crippen LogP contribution in [0.4, 0.5) is 34.1 Å². The molecule has 0 spiro atoms. The number of aliphatic hydroxyl groups is 1. The summed E-state index contributed by atoms with van der Waals surface area (Å²) < 4.78 is 0. The molecule has 0 aromatic heterocycles. The Labute approximate surface area is 530 Å². The molecule has 0 saturated heterocycles. The zero-order valence-corrected chi connectivity index (χ0v) is 51.5. The van der Waals surface area contributed by atoms with Crippen LogP contribution in [-0.2, 0) is 21.8 Å². The molecule has 12 aromatic rings. The van der Waals surface area contributed by atoms with E-state index in [1.165, 1.54) is 71.4 Å². The Bertz CT molecular complexity index is 4590. The van der Waals surface area contributed by atoms with Crippen LogP contribution in [-0.4, -0.2) is 5.11 Å². The van der Waals surface area contributed by atoms with E-state index in [1.807, 2.05) is 115 Å². The summed E-state index contributed by atoms with van der Waals surface area (Å²) in [4.78, 5) is 9.45. The minimum Gasteiger partial charge on any atom is -0.376 e. The number of fused-ring (bicyclic) bond motifs is 8. The third-order valence-corrected chi connectivity index (χ3v) is 20.6. The minimum absolute atomic E-state index is 0.0454. The fourth-order valence-electron chi connectivity index (χ4n) is 14.0. The highest BCUT2D eigenvalue weighted by atomic mass is 32.2. The van der Waals surface area contributed by atoms with Crippen LogP contribution in [0.5, 0.6) is 0 Å². The molecule has 0 fully saturated rings. The van der Waals surface area contributed by atoms with E-state index in [0.29, 0.717) is 11.1 Å². The maximum atomic E-state index is 11.6. The molecule has 0 atom stereocenters. The lowest BCUT2D eigenvalue weighted by atomic mass is 9.63. The van der Waals surface area contributed by atoms with Crippen LogP contribution in [0.2, 0.25) is 0 Å². The lowest BCUT2D eigenvalue weighted by Gasteiger charge is -2.45. The van der Waals surface area contributed by atoms with Gasteiger partial charge in [0.05, 0.1) is 51.4 Å². The normalized spacial score (nSPS) is 15.0. The average molecular weight is 1180 g/mol. The number of para-hydroxylation sites is 3. The number of benzene rings is 12. The second kappa shape index (κ2) is 22.9. The van der Waals surface area contributed by atoms with Gasteiger partial charge in [-0.1, -0.05) is 251 Å². The van der Waals surface area contributed by atoms with Gasteiger partial charge < -0.3 is 14.9 Å². The van der Waals surface area contributed by atoms with Gasteiger partial charge in [0, 0.05) is 52.9 Å². The van der Waals surface area contributed by atoms with Crippen LogP contribution >= 0.6 is 23.5 Å². The van der Waals surface area contributed by atoms with Gasteiger partial charge in [0.2, 0.25) is 0 Å². The SMILES string of the molecule is CC1(C)c2ccccc2N(c2ccc(C#N)cc2)c2ccc(C3(c4ccccc4)c4ccccc4Sc4ccccc43)cc21.CC1(C)c2ccccc2N(c2ccc(C#N)cc2)c2ccccc21.OC1(c2ccccc2)c2ccccc2Sc2ccccc21. The third-order valence-electron chi connectivity index (χ3n) is 18.3. The molecule has 7 heteroatoms. The number of hydrogen-bond donors (Lipinski definition) is 1. The maximum absolute atomic E-state index is 11.6. The highest BCUT2D eigenvalue weighted by molar-refractivity contribution is 7.99. The number of rotatable bonds is 5. The van der Waals surface area contributed by atoms with Crippen molar-refractivity contribution in [1.29, 1.82) is 10.5 Å². The summed E-state index contributed by atoms with van der Waals surface area (Å²) in [6.07, 6.45) is 0. The lowest BCUT2D eigenvalue weighted by Crippen LogP contribution is -2.36. The molecule has 89 heavy (non-hydrogen) atoms. The minimum atomic E-state index is -1.08. The largest absolute Gasteiger partial charge is 0.376 e. The van der Waals surface area contributed by atoms with E-state index >= 15 is 0 Å². The Morgan fingerprint density at radius 2 is 0.618 bits per heavy atom. The molecule has 0 saturated carbocycles. The molecular weight excluding hydrogens is 1120 g/mol.